The number of hydrogen-bond donors (Lipinski definition) is 0. The Kier molecular flexibility index (Phi) is 4.39. The van der Waals surface area contributed by atoms with Gasteiger partial charge in [0.15, 0.2) is 0 Å². The van der Waals surface area contributed by atoms with Crippen molar-refractivity contribution < 1.29 is 4.74 Å². The van der Waals surface area contributed by atoms with E-state index in [0.717, 1.165) is 12.6 Å². The summed E-state index contributed by atoms with van der Waals surface area (Å²) in [5.74, 6) is 0. The highest BCUT2D eigenvalue weighted by Gasteiger charge is 2.30. The number of ether oxygens (including phenoxy) is 1. The van der Waals surface area contributed by atoms with Gasteiger partial charge in [0.1, 0.15) is 0 Å². The molecule has 1 atom stereocenters. The van der Waals surface area contributed by atoms with Gasteiger partial charge in [-0.25, -0.2) is 0 Å². The van der Waals surface area contributed by atoms with Crippen LogP contribution in [0.2, 0.25) is 0 Å². The second-order valence-electron chi connectivity index (χ2n) is 5.30. The molecule has 2 nitrogen and oxygen atoms in total. The monoisotopic (exact) mass is 199 g/mol. The molecule has 0 amide bonds. The molecule has 0 aromatic heterocycles. The van der Waals surface area contributed by atoms with E-state index in [-0.39, 0.29) is 0 Å². The van der Waals surface area contributed by atoms with Gasteiger partial charge < -0.3 is 4.74 Å². The Morgan fingerprint density at radius 3 is 2.57 bits per heavy atom. The minimum Gasteiger partial charge on any atom is -0.385 e. The summed E-state index contributed by atoms with van der Waals surface area (Å²) in [4.78, 5) is 2.65. The minimum atomic E-state index is 0.318. The Bertz CT molecular complexity index is 162. The molecule has 1 heterocycles. The predicted octanol–water partition coefficient (Wildman–Crippen LogP) is 2.68. The Balaban J connectivity index is 2.50. The first-order valence-corrected chi connectivity index (χ1v) is 5.81. The van der Waals surface area contributed by atoms with Crippen LogP contribution in [-0.4, -0.2) is 36.7 Å². The molecular weight excluding hydrogens is 174 g/mol. The van der Waals surface area contributed by atoms with E-state index in [9.17, 15) is 0 Å². The lowest BCUT2D eigenvalue weighted by Gasteiger charge is -2.44. The van der Waals surface area contributed by atoms with Crippen molar-refractivity contribution in [1.29, 1.82) is 0 Å². The van der Waals surface area contributed by atoms with E-state index < -0.39 is 0 Å². The van der Waals surface area contributed by atoms with Crippen LogP contribution in [0.15, 0.2) is 0 Å². The molecule has 0 bridgehead atoms. The van der Waals surface area contributed by atoms with Gasteiger partial charge >= 0.3 is 0 Å². The SMILES string of the molecule is COCCC1CCCCN1C(C)(C)C. The summed E-state index contributed by atoms with van der Waals surface area (Å²) in [6.07, 6.45) is 5.29. The zero-order chi connectivity index (χ0) is 10.6. The van der Waals surface area contributed by atoms with Crippen molar-refractivity contribution in [3.8, 4) is 0 Å². The van der Waals surface area contributed by atoms with Crippen molar-refractivity contribution >= 4 is 0 Å². The maximum absolute atomic E-state index is 5.18. The summed E-state index contributed by atoms with van der Waals surface area (Å²) < 4.78 is 5.18. The molecule has 0 N–H and O–H groups in total. The summed E-state index contributed by atoms with van der Waals surface area (Å²) >= 11 is 0. The van der Waals surface area contributed by atoms with E-state index in [1.165, 1.54) is 32.2 Å². The third kappa shape index (κ3) is 3.25. The summed E-state index contributed by atoms with van der Waals surface area (Å²) in [6.45, 7) is 9.11. The van der Waals surface area contributed by atoms with Crippen molar-refractivity contribution in [2.75, 3.05) is 20.3 Å². The van der Waals surface area contributed by atoms with E-state index in [1.54, 1.807) is 7.11 Å². The summed E-state index contributed by atoms with van der Waals surface area (Å²) in [7, 11) is 1.80. The highest BCUT2D eigenvalue weighted by Crippen LogP contribution is 2.27. The lowest BCUT2D eigenvalue weighted by atomic mass is 9.93. The fourth-order valence-corrected chi connectivity index (χ4v) is 2.44. The zero-order valence-corrected chi connectivity index (χ0v) is 10.2. The molecule has 1 saturated heterocycles. The van der Waals surface area contributed by atoms with Crippen molar-refractivity contribution in [1.82, 2.24) is 4.90 Å². The number of likely N-dealkylation sites (tertiary alicyclic amines) is 1. The van der Waals surface area contributed by atoms with Crippen LogP contribution in [0.1, 0.15) is 46.5 Å². The lowest BCUT2D eigenvalue weighted by molar-refractivity contribution is 0.0331. The third-order valence-electron chi connectivity index (χ3n) is 3.14. The standard InChI is InChI=1S/C12H25NO/c1-12(2,3)13-9-6-5-7-11(13)8-10-14-4/h11H,5-10H2,1-4H3. The highest BCUT2D eigenvalue weighted by molar-refractivity contribution is 4.85. The number of rotatable bonds is 3. The summed E-state index contributed by atoms with van der Waals surface area (Å²) in [5, 5.41) is 0. The normalized spacial score (nSPS) is 25.3. The molecule has 84 valence electrons. The molecule has 1 fully saturated rings. The van der Waals surface area contributed by atoms with Gasteiger partial charge in [-0.2, -0.15) is 0 Å². The lowest BCUT2D eigenvalue weighted by Crippen LogP contribution is -2.50. The van der Waals surface area contributed by atoms with Crippen LogP contribution in [0.4, 0.5) is 0 Å². The van der Waals surface area contributed by atoms with Gasteiger partial charge in [0.25, 0.3) is 0 Å². The number of piperidine rings is 1. The van der Waals surface area contributed by atoms with Crippen LogP contribution in [0.5, 0.6) is 0 Å². The molecule has 14 heavy (non-hydrogen) atoms. The Morgan fingerprint density at radius 1 is 1.29 bits per heavy atom. The molecule has 0 aromatic rings. The third-order valence-corrected chi connectivity index (χ3v) is 3.14. The van der Waals surface area contributed by atoms with E-state index in [2.05, 4.69) is 25.7 Å². The topological polar surface area (TPSA) is 12.5 Å². The first-order valence-electron chi connectivity index (χ1n) is 5.81. The van der Waals surface area contributed by atoms with Gasteiger partial charge in [0.2, 0.25) is 0 Å². The molecule has 0 spiro atoms. The van der Waals surface area contributed by atoms with Crippen LogP contribution in [0, 0.1) is 0 Å². The zero-order valence-electron chi connectivity index (χ0n) is 10.2. The molecule has 2 heteroatoms. The van der Waals surface area contributed by atoms with Crippen LogP contribution < -0.4 is 0 Å². The molecule has 1 rings (SSSR count). The van der Waals surface area contributed by atoms with Gasteiger partial charge in [0, 0.05) is 25.3 Å². The van der Waals surface area contributed by atoms with Gasteiger partial charge in [-0.05, 0) is 46.6 Å². The van der Waals surface area contributed by atoms with Gasteiger partial charge in [-0.3, -0.25) is 4.90 Å². The van der Waals surface area contributed by atoms with Crippen molar-refractivity contribution in [3.05, 3.63) is 0 Å². The average molecular weight is 199 g/mol. The maximum Gasteiger partial charge on any atom is 0.0477 e. The van der Waals surface area contributed by atoms with Crippen LogP contribution in [-0.2, 0) is 4.74 Å². The Hall–Kier alpha value is -0.0800. The summed E-state index contributed by atoms with van der Waals surface area (Å²) in [6, 6.07) is 0.740. The molecule has 0 saturated carbocycles. The minimum absolute atomic E-state index is 0.318. The molecule has 1 aliphatic heterocycles. The quantitative estimate of drug-likeness (QED) is 0.693. The first-order chi connectivity index (χ1) is 6.55. The van der Waals surface area contributed by atoms with Crippen LogP contribution in [0.3, 0.4) is 0 Å². The van der Waals surface area contributed by atoms with Crippen LogP contribution in [0.25, 0.3) is 0 Å². The second-order valence-corrected chi connectivity index (χ2v) is 5.30. The number of hydrogen-bond acceptors (Lipinski definition) is 2. The molecular formula is C12H25NO. The molecule has 0 radical (unpaired) electrons. The molecule has 1 unspecified atom stereocenters. The van der Waals surface area contributed by atoms with Gasteiger partial charge in [-0.1, -0.05) is 6.42 Å². The summed E-state index contributed by atoms with van der Waals surface area (Å²) in [5.41, 5.74) is 0.318. The van der Waals surface area contributed by atoms with Gasteiger partial charge in [-0.15, -0.1) is 0 Å². The second kappa shape index (κ2) is 5.13. The van der Waals surface area contributed by atoms with Crippen molar-refractivity contribution in [2.45, 2.75) is 58.0 Å². The smallest absolute Gasteiger partial charge is 0.0477 e. The largest absolute Gasteiger partial charge is 0.385 e. The van der Waals surface area contributed by atoms with E-state index in [4.69, 9.17) is 4.74 Å². The van der Waals surface area contributed by atoms with Gasteiger partial charge in [0.05, 0.1) is 0 Å². The fourth-order valence-electron chi connectivity index (χ4n) is 2.44. The fraction of sp³-hybridized carbons (Fsp3) is 1.00. The number of nitrogens with zero attached hydrogens (tertiary/aromatic N) is 1. The number of methoxy groups -OCH3 is 1. The Labute approximate surface area is 88.6 Å². The van der Waals surface area contributed by atoms with E-state index in [1.807, 2.05) is 0 Å². The maximum atomic E-state index is 5.18. The van der Waals surface area contributed by atoms with E-state index in [0.29, 0.717) is 5.54 Å². The molecule has 0 aromatic carbocycles. The first kappa shape index (κ1) is 12.0. The Morgan fingerprint density at radius 2 is 2.00 bits per heavy atom. The highest BCUT2D eigenvalue weighted by atomic mass is 16.5. The van der Waals surface area contributed by atoms with Crippen molar-refractivity contribution in [3.63, 3.8) is 0 Å². The molecule has 0 aliphatic carbocycles. The average Bonchev–Trinajstić information content (AvgIpc) is 2.14. The van der Waals surface area contributed by atoms with E-state index >= 15 is 0 Å². The molecule has 1 aliphatic rings. The van der Waals surface area contributed by atoms with Crippen molar-refractivity contribution in [2.24, 2.45) is 0 Å². The predicted molar refractivity (Wildman–Crippen MR) is 60.6 cm³/mol. The van der Waals surface area contributed by atoms with Crippen LogP contribution >= 0.6 is 0 Å².